The summed E-state index contributed by atoms with van der Waals surface area (Å²) in [5.41, 5.74) is 0.763. The number of ketones is 1. The number of hydrogen-bond donors (Lipinski definition) is 1. The monoisotopic (exact) mass is 365 g/mol. The fourth-order valence-electron chi connectivity index (χ4n) is 2.08. The summed E-state index contributed by atoms with van der Waals surface area (Å²) in [6.45, 7) is 5.78. The summed E-state index contributed by atoms with van der Waals surface area (Å²) in [6, 6.07) is 5.41. The lowest BCUT2D eigenvalue weighted by Crippen LogP contribution is -2.12. The molecular weight excluding hydrogens is 346 g/mol. The van der Waals surface area contributed by atoms with E-state index < -0.39 is 0 Å². The smallest absolute Gasteiger partial charge is 0.348 e. The quantitative estimate of drug-likeness (QED) is 0.589. The third-order valence-electron chi connectivity index (χ3n) is 3.24. The maximum atomic E-state index is 12.0. The van der Waals surface area contributed by atoms with Crippen LogP contribution in [0.3, 0.4) is 0 Å². The Labute approximate surface area is 148 Å². The largest absolute Gasteiger partial charge is 0.462 e. The summed E-state index contributed by atoms with van der Waals surface area (Å²) in [5, 5.41) is 3.32. The summed E-state index contributed by atoms with van der Waals surface area (Å²) in [5.74, 6) is -0.658. The minimum Gasteiger partial charge on any atom is -0.462 e. The lowest BCUT2D eigenvalue weighted by atomic mass is 10.2. The van der Waals surface area contributed by atoms with E-state index in [0.29, 0.717) is 21.4 Å². The Morgan fingerprint density at radius 1 is 1.12 bits per heavy atom. The van der Waals surface area contributed by atoms with Gasteiger partial charge in [-0.05, 0) is 44.5 Å². The van der Waals surface area contributed by atoms with E-state index in [0.717, 1.165) is 10.4 Å². The van der Waals surface area contributed by atoms with Crippen LogP contribution in [-0.4, -0.2) is 24.3 Å². The van der Waals surface area contributed by atoms with Crippen LogP contribution in [0, 0.1) is 13.8 Å². The molecule has 0 atom stereocenters. The van der Waals surface area contributed by atoms with Gasteiger partial charge in [0.2, 0.25) is 5.91 Å². The van der Waals surface area contributed by atoms with E-state index in [9.17, 15) is 14.4 Å². The topological polar surface area (TPSA) is 72.5 Å². The third-order valence-corrected chi connectivity index (χ3v) is 5.41. The zero-order chi connectivity index (χ0) is 17.7. The highest BCUT2D eigenvalue weighted by Crippen LogP contribution is 2.27. The minimum atomic E-state index is -0.385. The first-order chi connectivity index (χ1) is 11.4. The number of carbonyl (C=O) groups excluding carboxylic acids is 3. The Hall–Kier alpha value is -1.99. The molecule has 0 fully saturated rings. The number of nitrogens with one attached hydrogen (secondary N) is 1. The molecule has 2 aromatic rings. The molecule has 7 heteroatoms. The number of carbonyl (C=O) groups is 3. The number of ether oxygens (including phenoxy) is 1. The highest BCUT2D eigenvalue weighted by Gasteiger charge is 2.16. The fourth-order valence-corrected chi connectivity index (χ4v) is 3.90. The van der Waals surface area contributed by atoms with Gasteiger partial charge in [0.25, 0.3) is 0 Å². The van der Waals surface area contributed by atoms with Gasteiger partial charge in [0, 0.05) is 17.7 Å². The first-order valence-corrected chi connectivity index (χ1v) is 9.21. The van der Waals surface area contributed by atoms with Crippen molar-refractivity contribution in [3.63, 3.8) is 0 Å². The van der Waals surface area contributed by atoms with Gasteiger partial charge in [-0.2, -0.15) is 0 Å². The Balaban J connectivity index is 1.89. The third kappa shape index (κ3) is 4.75. The zero-order valence-corrected chi connectivity index (χ0v) is 15.4. The summed E-state index contributed by atoms with van der Waals surface area (Å²) in [6.07, 6.45) is 0.280. The highest BCUT2D eigenvalue weighted by molar-refractivity contribution is 7.18. The summed E-state index contributed by atoms with van der Waals surface area (Å²) in [7, 11) is 0. The van der Waals surface area contributed by atoms with Gasteiger partial charge in [-0.3, -0.25) is 9.59 Å². The number of Topliss-reactive ketones (excluding diaryl/α,β-unsaturated/α-hetero) is 1. The molecule has 0 saturated heterocycles. The maximum absolute atomic E-state index is 12.0. The van der Waals surface area contributed by atoms with Crippen LogP contribution in [0.1, 0.15) is 49.5 Å². The van der Waals surface area contributed by atoms with Crippen LogP contribution in [-0.2, 0) is 9.53 Å². The Bertz CT molecular complexity index is 760. The van der Waals surface area contributed by atoms with E-state index in [1.54, 1.807) is 26.0 Å². The van der Waals surface area contributed by atoms with Crippen LogP contribution >= 0.6 is 22.7 Å². The average Bonchev–Trinajstić information content (AvgIpc) is 3.11. The Kier molecular flexibility index (Phi) is 6.28. The summed E-state index contributed by atoms with van der Waals surface area (Å²) >= 11 is 2.61. The van der Waals surface area contributed by atoms with E-state index in [-0.39, 0.29) is 30.5 Å². The molecule has 24 heavy (non-hydrogen) atoms. The van der Waals surface area contributed by atoms with E-state index in [1.165, 1.54) is 22.7 Å². The molecule has 128 valence electrons. The Morgan fingerprint density at radius 3 is 2.50 bits per heavy atom. The normalized spacial score (nSPS) is 10.5. The number of aryl methyl sites for hydroxylation is 2. The van der Waals surface area contributed by atoms with Crippen molar-refractivity contribution in [1.82, 2.24) is 0 Å². The predicted octanol–water partition coefficient (Wildman–Crippen LogP) is 4.20. The summed E-state index contributed by atoms with van der Waals surface area (Å²) < 4.78 is 4.97. The van der Waals surface area contributed by atoms with Gasteiger partial charge in [0.15, 0.2) is 5.78 Å². The van der Waals surface area contributed by atoms with E-state index >= 15 is 0 Å². The first-order valence-electron chi connectivity index (χ1n) is 7.57. The second-order valence-corrected chi connectivity index (χ2v) is 7.57. The molecule has 0 bridgehead atoms. The zero-order valence-electron chi connectivity index (χ0n) is 13.8. The number of thiophene rings is 2. The maximum Gasteiger partial charge on any atom is 0.348 e. The number of esters is 1. The number of amides is 1. The molecule has 0 spiro atoms. The van der Waals surface area contributed by atoms with Crippen molar-refractivity contribution in [3.05, 3.63) is 38.4 Å². The van der Waals surface area contributed by atoms with Gasteiger partial charge in [0.1, 0.15) is 4.88 Å². The number of anilines is 1. The SMILES string of the molecule is CCOC(=O)c1sc(NC(=O)CCC(=O)c2ccc(C)s2)cc1C. The standard InChI is InChI=1S/C17H19NO4S2/c1-4-22-17(21)16-10(2)9-15(24-16)18-14(20)8-6-12(19)13-7-5-11(3)23-13/h5,7,9H,4,6,8H2,1-3H3,(H,18,20). The van der Waals surface area contributed by atoms with Crippen molar-refractivity contribution in [2.75, 3.05) is 11.9 Å². The van der Waals surface area contributed by atoms with Crippen molar-refractivity contribution in [2.24, 2.45) is 0 Å². The molecule has 0 unspecified atom stereocenters. The van der Waals surface area contributed by atoms with Gasteiger partial charge in [-0.25, -0.2) is 4.79 Å². The van der Waals surface area contributed by atoms with Crippen LogP contribution in [0.2, 0.25) is 0 Å². The molecule has 0 aromatic carbocycles. The van der Waals surface area contributed by atoms with Crippen molar-refractivity contribution in [3.8, 4) is 0 Å². The first kappa shape index (κ1) is 18.4. The molecule has 0 aliphatic rings. The van der Waals surface area contributed by atoms with Crippen LogP contribution in [0.4, 0.5) is 5.00 Å². The predicted molar refractivity (Wildman–Crippen MR) is 96.3 cm³/mol. The van der Waals surface area contributed by atoms with Crippen LogP contribution in [0.25, 0.3) is 0 Å². The Morgan fingerprint density at radius 2 is 1.88 bits per heavy atom. The molecule has 2 rings (SSSR count). The van der Waals surface area contributed by atoms with Crippen molar-refractivity contribution >= 4 is 45.3 Å². The highest BCUT2D eigenvalue weighted by atomic mass is 32.1. The van der Waals surface area contributed by atoms with Crippen molar-refractivity contribution in [1.29, 1.82) is 0 Å². The summed E-state index contributed by atoms with van der Waals surface area (Å²) in [4.78, 5) is 38.0. The molecule has 1 N–H and O–H groups in total. The second kappa shape index (κ2) is 8.21. The number of hydrogen-bond acceptors (Lipinski definition) is 6. The minimum absolute atomic E-state index is 0.0298. The van der Waals surface area contributed by atoms with Gasteiger partial charge >= 0.3 is 5.97 Å². The molecule has 0 aliphatic carbocycles. The van der Waals surface area contributed by atoms with Crippen LogP contribution in [0.5, 0.6) is 0 Å². The number of rotatable bonds is 7. The second-order valence-electron chi connectivity index (χ2n) is 5.22. The molecular formula is C17H19NO4S2. The molecule has 2 heterocycles. The van der Waals surface area contributed by atoms with Gasteiger partial charge < -0.3 is 10.1 Å². The van der Waals surface area contributed by atoms with Crippen LogP contribution in [0.15, 0.2) is 18.2 Å². The van der Waals surface area contributed by atoms with Crippen molar-refractivity contribution in [2.45, 2.75) is 33.6 Å². The molecule has 0 saturated carbocycles. The van der Waals surface area contributed by atoms with E-state index in [2.05, 4.69) is 5.32 Å². The molecule has 0 radical (unpaired) electrons. The molecule has 0 aliphatic heterocycles. The lowest BCUT2D eigenvalue weighted by Gasteiger charge is -2.01. The van der Waals surface area contributed by atoms with Gasteiger partial charge in [-0.1, -0.05) is 0 Å². The van der Waals surface area contributed by atoms with E-state index in [4.69, 9.17) is 4.74 Å². The van der Waals surface area contributed by atoms with Gasteiger partial charge in [0.05, 0.1) is 16.5 Å². The molecule has 5 nitrogen and oxygen atoms in total. The van der Waals surface area contributed by atoms with E-state index in [1.807, 2.05) is 13.0 Å². The molecule has 1 amide bonds. The van der Waals surface area contributed by atoms with Gasteiger partial charge in [-0.15, -0.1) is 22.7 Å². The van der Waals surface area contributed by atoms with Crippen LogP contribution < -0.4 is 5.32 Å². The fraction of sp³-hybridized carbons (Fsp3) is 0.353. The van der Waals surface area contributed by atoms with Crippen molar-refractivity contribution < 1.29 is 19.1 Å². The lowest BCUT2D eigenvalue weighted by molar-refractivity contribution is -0.116. The molecule has 2 aromatic heterocycles. The average molecular weight is 365 g/mol.